The minimum atomic E-state index is -0.436. The Bertz CT molecular complexity index is 817. The van der Waals surface area contributed by atoms with Gasteiger partial charge in [-0.1, -0.05) is 29.8 Å². The van der Waals surface area contributed by atoms with Crippen molar-refractivity contribution in [1.29, 1.82) is 0 Å². The van der Waals surface area contributed by atoms with E-state index in [0.29, 0.717) is 28.0 Å². The molecular weight excluding hydrogens is 277 g/mol. The summed E-state index contributed by atoms with van der Waals surface area (Å²) in [4.78, 5) is 14.8. The lowest BCUT2D eigenvalue weighted by Gasteiger charge is -2.06. The maximum atomic E-state index is 14.0. The number of benzene rings is 2. The third-order valence-corrected chi connectivity index (χ3v) is 3.46. The van der Waals surface area contributed by atoms with Crippen LogP contribution in [0.1, 0.15) is 10.4 Å². The van der Waals surface area contributed by atoms with Crippen LogP contribution in [0.2, 0.25) is 5.02 Å². The average Bonchev–Trinajstić information content (AvgIpc) is 2.47. The van der Waals surface area contributed by atoms with Gasteiger partial charge in [0.2, 0.25) is 0 Å². The summed E-state index contributed by atoms with van der Waals surface area (Å²) in [5.41, 5.74) is 2.19. The quantitative estimate of drug-likeness (QED) is 0.649. The van der Waals surface area contributed by atoms with Crippen LogP contribution in [0.15, 0.2) is 48.7 Å². The van der Waals surface area contributed by atoms with Gasteiger partial charge in [0.1, 0.15) is 12.1 Å². The maximum Gasteiger partial charge on any atom is 0.150 e. The first kappa shape index (κ1) is 12.8. The van der Waals surface area contributed by atoms with Crippen molar-refractivity contribution in [2.75, 3.05) is 0 Å². The van der Waals surface area contributed by atoms with E-state index in [9.17, 15) is 9.18 Å². The van der Waals surface area contributed by atoms with E-state index < -0.39 is 5.82 Å². The van der Waals surface area contributed by atoms with Crippen LogP contribution >= 0.6 is 11.6 Å². The monoisotopic (exact) mass is 285 g/mol. The molecule has 0 radical (unpaired) electrons. The molecule has 1 heterocycles. The second-order valence-electron chi connectivity index (χ2n) is 4.38. The number of pyridine rings is 1. The molecule has 0 N–H and O–H groups in total. The molecule has 3 rings (SSSR count). The standard InChI is InChI=1S/C16H9ClFNO/c17-14-5-6-19-16-4-2-11(8-13(14)16)12-3-1-10(9-20)7-15(12)18/h1-9H. The number of aldehydes is 1. The summed E-state index contributed by atoms with van der Waals surface area (Å²) in [6, 6.07) is 11.5. The van der Waals surface area contributed by atoms with Gasteiger partial charge in [-0.2, -0.15) is 0 Å². The number of hydrogen-bond acceptors (Lipinski definition) is 2. The van der Waals surface area contributed by atoms with E-state index >= 15 is 0 Å². The number of halogens is 2. The highest BCUT2D eigenvalue weighted by molar-refractivity contribution is 6.35. The molecule has 2 nitrogen and oxygen atoms in total. The first-order valence-electron chi connectivity index (χ1n) is 5.98. The topological polar surface area (TPSA) is 30.0 Å². The highest BCUT2D eigenvalue weighted by Crippen LogP contribution is 2.29. The summed E-state index contributed by atoms with van der Waals surface area (Å²) in [5.74, 6) is -0.436. The largest absolute Gasteiger partial charge is 0.298 e. The van der Waals surface area contributed by atoms with E-state index in [-0.39, 0.29) is 0 Å². The zero-order valence-electron chi connectivity index (χ0n) is 10.3. The molecule has 0 unspecified atom stereocenters. The summed E-state index contributed by atoms with van der Waals surface area (Å²) in [6.07, 6.45) is 2.25. The van der Waals surface area contributed by atoms with E-state index in [0.717, 1.165) is 10.9 Å². The maximum absolute atomic E-state index is 14.0. The normalized spacial score (nSPS) is 10.7. The molecule has 0 aliphatic carbocycles. The van der Waals surface area contributed by atoms with Gasteiger partial charge in [-0.05, 0) is 29.8 Å². The number of carbonyl (C=O) groups is 1. The molecule has 0 saturated carbocycles. The number of nitrogens with zero attached hydrogens (tertiary/aromatic N) is 1. The number of rotatable bonds is 2. The van der Waals surface area contributed by atoms with Gasteiger partial charge in [0, 0.05) is 22.7 Å². The Morgan fingerprint density at radius 2 is 1.95 bits per heavy atom. The fraction of sp³-hybridized carbons (Fsp3) is 0. The van der Waals surface area contributed by atoms with Crippen LogP contribution in [0.3, 0.4) is 0 Å². The Hall–Kier alpha value is -2.26. The van der Waals surface area contributed by atoms with Crippen molar-refractivity contribution < 1.29 is 9.18 Å². The molecule has 0 fully saturated rings. The summed E-state index contributed by atoms with van der Waals surface area (Å²) >= 11 is 6.12. The number of aromatic nitrogens is 1. The van der Waals surface area contributed by atoms with Gasteiger partial charge < -0.3 is 0 Å². The number of fused-ring (bicyclic) bond motifs is 1. The molecule has 0 bridgehead atoms. The molecular formula is C16H9ClFNO. The molecule has 20 heavy (non-hydrogen) atoms. The zero-order chi connectivity index (χ0) is 14.1. The molecule has 2 aromatic carbocycles. The molecule has 0 aliphatic rings. The van der Waals surface area contributed by atoms with E-state index in [4.69, 9.17) is 11.6 Å². The fourth-order valence-electron chi connectivity index (χ4n) is 2.12. The molecule has 0 amide bonds. The molecule has 1 aromatic heterocycles. The van der Waals surface area contributed by atoms with E-state index in [1.807, 2.05) is 0 Å². The van der Waals surface area contributed by atoms with Crippen LogP contribution < -0.4 is 0 Å². The summed E-state index contributed by atoms with van der Waals surface area (Å²) in [5, 5.41) is 1.34. The van der Waals surface area contributed by atoms with Crippen molar-refractivity contribution in [3.63, 3.8) is 0 Å². The predicted octanol–water partition coefficient (Wildman–Crippen LogP) is 4.51. The minimum Gasteiger partial charge on any atom is -0.298 e. The smallest absolute Gasteiger partial charge is 0.150 e. The average molecular weight is 286 g/mol. The van der Waals surface area contributed by atoms with E-state index in [2.05, 4.69) is 4.98 Å². The van der Waals surface area contributed by atoms with Crippen molar-refractivity contribution in [3.05, 3.63) is 65.1 Å². The van der Waals surface area contributed by atoms with Crippen LogP contribution in [0.5, 0.6) is 0 Å². The van der Waals surface area contributed by atoms with Gasteiger partial charge in [-0.3, -0.25) is 9.78 Å². The van der Waals surface area contributed by atoms with Crippen molar-refractivity contribution in [1.82, 2.24) is 4.98 Å². The van der Waals surface area contributed by atoms with Crippen molar-refractivity contribution in [2.45, 2.75) is 0 Å². The molecule has 3 aromatic rings. The Morgan fingerprint density at radius 1 is 1.10 bits per heavy atom. The molecule has 4 heteroatoms. The second kappa shape index (κ2) is 5.02. The van der Waals surface area contributed by atoms with E-state index in [1.165, 1.54) is 6.07 Å². The predicted molar refractivity (Wildman–Crippen MR) is 77.5 cm³/mol. The van der Waals surface area contributed by atoms with Gasteiger partial charge in [-0.25, -0.2) is 4.39 Å². The lowest BCUT2D eigenvalue weighted by atomic mass is 10.0. The number of hydrogen-bond donors (Lipinski definition) is 0. The van der Waals surface area contributed by atoms with Crippen LogP contribution in [-0.2, 0) is 0 Å². The van der Waals surface area contributed by atoms with Crippen LogP contribution in [0, 0.1) is 5.82 Å². The van der Waals surface area contributed by atoms with Crippen LogP contribution in [0.25, 0.3) is 22.0 Å². The van der Waals surface area contributed by atoms with Crippen LogP contribution in [-0.4, -0.2) is 11.3 Å². The molecule has 0 saturated heterocycles. The fourth-order valence-corrected chi connectivity index (χ4v) is 2.33. The van der Waals surface area contributed by atoms with Gasteiger partial charge in [-0.15, -0.1) is 0 Å². The summed E-state index contributed by atoms with van der Waals surface area (Å²) in [6.45, 7) is 0. The lowest BCUT2D eigenvalue weighted by molar-refractivity contribution is 0.112. The molecule has 0 spiro atoms. The third-order valence-electron chi connectivity index (χ3n) is 3.13. The first-order chi connectivity index (χ1) is 9.69. The van der Waals surface area contributed by atoms with E-state index in [1.54, 1.807) is 42.6 Å². The molecule has 98 valence electrons. The van der Waals surface area contributed by atoms with Gasteiger partial charge >= 0.3 is 0 Å². The Balaban J connectivity index is 2.19. The Labute approximate surface area is 119 Å². The Morgan fingerprint density at radius 3 is 2.70 bits per heavy atom. The molecule has 0 aliphatic heterocycles. The van der Waals surface area contributed by atoms with Gasteiger partial charge in [0.05, 0.1) is 10.5 Å². The first-order valence-corrected chi connectivity index (χ1v) is 6.36. The van der Waals surface area contributed by atoms with Gasteiger partial charge in [0.15, 0.2) is 0 Å². The second-order valence-corrected chi connectivity index (χ2v) is 4.79. The third kappa shape index (κ3) is 2.17. The summed E-state index contributed by atoms with van der Waals surface area (Å²) < 4.78 is 14.0. The van der Waals surface area contributed by atoms with Crippen molar-refractivity contribution in [3.8, 4) is 11.1 Å². The zero-order valence-corrected chi connectivity index (χ0v) is 11.1. The minimum absolute atomic E-state index is 0.312. The summed E-state index contributed by atoms with van der Waals surface area (Å²) in [7, 11) is 0. The lowest BCUT2D eigenvalue weighted by Crippen LogP contribution is -1.89. The SMILES string of the molecule is O=Cc1ccc(-c2ccc3nccc(Cl)c3c2)c(F)c1. The van der Waals surface area contributed by atoms with Gasteiger partial charge in [0.25, 0.3) is 0 Å². The van der Waals surface area contributed by atoms with Crippen molar-refractivity contribution in [2.24, 2.45) is 0 Å². The highest BCUT2D eigenvalue weighted by Gasteiger charge is 2.08. The highest BCUT2D eigenvalue weighted by atomic mass is 35.5. The molecule has 0 atom stereocenters. The van der Waals surface area contributed by atoms with Crippen LogP contribution in [0.4, 0.5) is 4.39 Å². The Kier molecular flexibility index (Phi) is 3.20. The number of carbonyl (C=O) groups excluding carboxylic acids is 1. The van der Waals surface area contributed by atoms with Crippen molar-refractivity contribution >= 4 is 28.8 Å².